The Morgan fingerprint density at radius 2 is 0.889 bits per heavy atom. The highest BCUT2D eigenvalue weighted by Gasteiger charge is 1.92. The fourth-order valence-corrected chi connectivity index (χ4v) is 2.59. The molecule has 0 atom stereocenters. The van der Waals surface area contributed by atoms with Crippen molar-refractivity contribution in [3.8, 4) is 0 Å². The van der Waals surface area contributed by atoms with E-state index < -0.39 is 17.9 Å². The molecule has 0 aliphatic carbocycles. The number of hydrogen-bond acceptors (Lipinski definition) is 4. The number of nitrogens with two attached hydrogens (primary N) is 1. The van der Waals surface area contributed by atoms with Gasteiger partial charge in [0.05, 0.1) is 0 Å². The predicted octanol–water partition coefficient (Wildman–Crippen LogP) is 4.85. The van der Waals surface area contributed by atoms with Crippen LogP contribution in [-0.2, 0) is 20.8 Å². The molecule has 0 heterocycles. The highest BCUT2D eigenvalue weighted by Crippen LogP contribution is 2.06. The van der Waals surface area contributed by atoms with Gasteiger partial charge in [0.15, 0.2) is 0 Å². The normalized spacial score (nSPS) is 10.4. The summed E-state index contributed by atoms with van der Waals surface area (Å²) < 4.78 is 0. The molecule has 0 spiro atoms. The minimum absolute atomic E-state index is 0.629. The second-order valence-corrected chi connectivity index (χ2v) is 7.12. The highest BCUT2D eigenvalue weighted by atomic mass is 16.4. The van der Waals surface area contributed by atoms with Crippen LogP contribution in [0.2, 0.25) is 0 Å². The van der Waals surface area contributed by atoms with Gasteiger partial charge in [0.2, 0.25) is 0 Å². The second kappa shape index (κ2) is 17.7. The first-order chi connectivity index (χ1) is 17.3. The van der Waals surface area contributed by atoms with Gasteiger partial charge in [0.1, 0.15) is 0 Å². The molecule has 3 aromatic carbocycles. The lowest BCUT2D eigenvalue weighted by atomic mass is 10.1. The van der Waals surface area contributed by atoms with Gasteiger partial charge in [-0.15, -0.1) is 0 Å². The first kappa shape index (κ1) is 29.3. The third kappa shape index (κ3) is 15.2. The van der Waals surface area contributed by atoms with E-state index in [0.717, 1.165) is 41.3 Å². The number of carboxylic acid groups (broad SMARTS) is 3. The summed E-state index contributed by atoms with van der Waals surface area (Å²) in [6, 6.07) is 26.3. The van der Waals surface area contributed by atoms with Crippen molar-refractivity contribution in [1.82, 2.24) is 0 Å². The zero-order valence-corrected chi connectivity index (χ0v) is 19.6. The van der Waals surface area contributed by atoms with Gasteiger partial charge in [-0.2, -0.15) is 0 Å². The van der Waals surface area contributed by atoms with Crippen molar-refractivity contribution in [3.05, 3.63) is 125 Å². The van der Waals surface area contributed by atoms with Crippen molar-refractivity contribution >= 4 is 36.1 Å². The summed E-state index contributed by atoms with van der Waals surface area (Å²) in [7, 11) is 0. The Labute approximate surface area is 210 Å². The second-order valence-electron chi connectivity index (χ2n) is 7.12. The fraction of sp³-hybridized carbons (Fsp3) is 0.0690. The van der Waals surface area contributed by atoms with Crippen LogP contribution < -0.4 is 5.73 Å². The highest BCUT2D eigenvalue weighted by molar-refractivity contribution is 5.86. The topological polar surface area (TPSA) is 138 Å². The number of carbonyl (C=O) groups is 3. The maximum atomic E-state index is 10.2. The molecule has 0 aliphatic heterocycles. The molecular formula is C29H29NO6. The molecule has 0 radical (unpaired) electrons. The average Bonchev–Trinajstić information content (AvgIpc) is 2.88. The van der Waals surface area contributed by atoms with Gasteiger partial charge < -0.3 is 21.1 Å². The molecule has 0 aliphatic rings. The lowest BCUT2D eigenvalue weighted by Gasteiger charge is -1.98. The van der Waals surface area contributed by atoms with E-state index in [0.29, 0.717) is 6.54 Å². The lowest BCUT2D eigenvalue weighted by molar-refractivity contribution is -0.132. The van der Waals surface area contributed by atoms with Gasteiger partial charge in [-0.1, -0.05) is 84.9 Å². The van der Waals surface area contributed by atoms with Crippen molar-refractivity contribution in [1.29, 1.82) is 0 Å². The molecule has 7 nitrogen and oxygen atoms in total. The molecule has 0 amide bonds. The van der Waals surface area contributed by atoms with Crippen LogP contribution in [0.4, 0.5) is 0 Å². The molecule has 3 rings (SSSR count). The van der Waals surface area contributed by atoms with E-state index in [9.17, 15) is 14.4 Å². The number of rotatable bonds is 8. The summed E-state index contributed by atoms with van der Waals surface area (Å²) in [4.78, 5) is 30.4. The van der Waals surface area contributed by atoms with E-state index in [1.54, 1.807) is 18.2 Å². The number of carboxylic acids is 3. The maximum absolute atomic E-state index is 10.2. The summed E-state index contributed by atoms with van der Waals surface area (Å²) in [6.45, 7) is 0.629. The predicted molar refractivity (Wildman–Crippen MR) is 142 cm³/mol. The Bertz CT molecular complexity index is 1090. The molecule has 0 fully saturated rings. The van der Waals surface area contributed by atoms with Crippen molar-refractivity contribution in [2.24, 2.45) is 5.73 Å². The summed E-state index contributed by atoms with van der Waals surface area (Å²) >= 11 is 0. The zero-order chi connectivity index (χ0) is 26.6. The van der Waals surface area contributed by atoms with Crippen LogP contribution in [0.5, 0.6) is 0 Å². The van der Waals surface area contributed by atoms with Crippen molar-refractivity contribution in [3.63, 3.8) is 0 Å². The van der Waals surface area contributed by atoms with Crippen LogP contribution in [-0.4, -0.2) is 39.8 Å². The molecule has 0 bridgehead atoms. The molecule has 5 N–H and O–H groups in total. The standard InChI is InChI=1S/C11H13NO2.2C9H8O2/c12-8-7-10-3-1-9(2-4-10)5-6-11(13)14;2*10-9(11)7-6-8-4-2-1-3-5-8/h1-6H,7-8,12H2,(H,13,14);2*1-7H,(H,10,11). The van der Waals surface area contributed by atoms with E-state index in [1.165, 1.54) is 5.56 Å². The third-order valence-electron chi connectivity index (χ3n) is 4.27. The minimum atomic E-state index is -0.934. The van der Waals surface area contributed by atoms with Crippen LogP contribution in [0.3, 0.4) is 0 Å². The molecule has 0 aromatic heterocycles. The minimum Gasteiger partial charge on any atom is -0.478 e. The number of aliphatic carboxylic acids is 3. The van der Waals surface area contributed by atoms with Crippen LogP contribution in [0.1, 0.15) is 22.3 Å². The third-order valence-corrected chi connectivity index (χ3v) is 4.27. The van der Waals surface area contributed by atoms with Gasteiger partial charge in [-0.3, -0.25) is 0 Å². The Kier molecular flexibility index (Phi) is 14.4. The summed E-state index contributed by atoms with van der Waals surface area (Å²) in [6.07, 6.45) is 8.89. The summed E-state index contributed by atoms with van der Waals surface area (Å²) in [5.41, 5.74) is 9.25. The molecular weight excluding hydrogens is 458 g/mol. The molecule has 186 valence electrons. The van der Waals surface area contributed by atoms with Crippen molar-refractivity contribution < 1.29 is 29.7 Å². The van der Waals surface area contributed by atoms with Gasteiger partial charge in [-0.25, -0.2) is 14.4 Å². The van der Waals surface area contributed by atoms with Crippen molar-refractivity contribution in [2.45, 2.75) is 6.42 Å². The first-order valence-corrected chi connectivity index (χ1v) is 10.9. The fourth-order valence-electron chi connectivity index (χ4n) is 2.59. The number of hydrogen-bond donors (Lipinski definition) is 4. The SMILES string of the molecule is NCCc1ccc(C=CC(=O)O)cc1.O=C(O)C=Cc1ccccc1.O=C(O)C=Cc1ccccc1. The Balaban J connectivity index is 0.000000273. The monoisotopic (exact) mass is 487 g/mol. The van der Waals surface area contributed by atoms with Crippen LogP contribution in [0.25, 0.3) is 18.2 Å². The summed E-state index contributed by atoms with van der Waals surface area (Å²) in [5.74, 6) is -2.78. The lowest BCUT2D eigenvalue weighted by Crippen LogP contribution is -2.02. The van der Waals surface area contributed by atoms with Crippen molar-refractivity contribution in [2.75, 3.05) is 6.54 Å². The smallest absolute Gasteiger partial charge is 0.328 e. The van der Waals surface area contributed by atoms with E-state index in [1.807, 2.05) is 84.9 Å². The Hall–Kier alpha value is -4.75. The molecule has 36 heavy (non-hydrogen) atoms. The largest absolute Gasteiger partial charge is 0.478 e. The van der Waals surface area contributed by atoms with Gasteiger partial charge >= 0.3 is 17.9 Å². The average molecular weight is 488 g/mol. The van der Waals surface area contributed by atoms with Gasteiger partial charge in [-0.05, 0) is 53.4 Å². The Morgan fingerprint density at radius 1 is 0.556 bits per heavy atom. The zero-order valence-electron chi connectivity index (χ0n) is 19.6. The van der Waals surface area contributed by atoms with E-state index in [2.05, 4.69) is 0 Å². The summed E-state index contributed by atoms with van der Waals surface area (Å²) in [5, 5.41) is 25.0. The first-order valence-electron chi connectivity index (χ1n) is 10.9. The molecule has 7 heteroatoms. The van der Waals surface area contributed by atoms with E-state index >= 15 is 0 Å². The number of benzene rings is 3. The molecule has 0 saturated carbocycles. The van der Waals surface area contributed by atoms with E-state index in [-0.39, 0.29) is 0 Å². The van der Waals surface area contributed by atoms with E-state index in [4.69, 9.17) is 21.1 Å². The molecule has 3 aromatic rings. The van der Waals surface area contributed by atoms with Gasteiger partial charge in [0, 0.05) is 18.2 Å². The van der Waals surface area contributed by atoms with Gasteiger partial charge in [0.25, 0.3) is 0 Å². The quantitative estimate of drug-likeness (QED) is 0.333. The maximum Gasteiger partial charge on any atom is 0.328 e. The van der Waals surface area contributed by atoms with Crippen LogP contribution in [0, 0.1) is 0 Å². The Morgan fingerprint density at radius 3 is 1.19 bits per heavy atom. The van der Waals surface area contributed by atoms with Crippen LogP contribution >= 0.6 is 0 Å². The molecule has 0 unspecified atom stereocenters. The van der Waals surface area contributed by atoms with Crippen LogP contribution in [0.15, 0.2) is 103 Å². The molecule has 0 saturated heterocycles.